The quantitative estimate of drug-likeness (QED) is 0.621. The standard InChI is InChI=1S/C21H26N6O3/c1-2-22-21(28)25-18-15-27-6-5-16(13-19(27)24-18)17-3-4-20(23-14-17)30-12-9-26-7-10-29-11-8-26/h3-6,13-15H,2,7-12H2,1H3,(H2,22,25,28). The lowest BCUT2D eigenvalue weighted by Gasteiger charge is -2.26. The van der Waals surface area contributed by atoms with Crippen LogP contribution in [0, 0.1) is 0 Å². The van der Waals surface area contributed by atoms with Gasteiger partial charge in [-0.25, -0.2) is 14.8 Å². The highest BCUT2D eigenvalue weighted by atomic mass is 16.5. The number of nitrogens with zero attached hydrogens (tertiary/aromatic N) is 4. The molecule has 0 aromatic carbocycles. The smallest absolute Gasteiger partial charge is 0.320 e. The predicted octanol–water partition coefficient (Wildman–Crippen LogP) is 2.25. The summed E-state index contributed by atoms with van der Waals surface area (Å²) in [5.41, 5.74) is 2.70. The van der Waals surface area contributed by atoms with Crippen molar-refractivity contribution in [1.82, 2.24) is 24.6 Å². The van der Waals surface area contributed by atoms with Crippen molar-refractivity contribution in [3.05, 3.63) is 42.9 Å². The lowest BCUT2D eigenvalue weighted by Crippen LogP contribution is -2.38. The van der Waals surface area contributed by atoms with Crippen molar-refractivity contribution in [3.8, 4) is 17.0 Å². The number of rotatable bonds is 7. The zero-order valence-electron chi connectivity index (χ0n) is 17.0. The fourth-order valence-corrected chi connectivity index (χ4v) is 3.28. The number of morpholine rings is 1. The topological polar surface area (TPSA) is 93.0 Å². The van der Waals surface area contributed by atoms with Gasteiger partial charge in [0.15, 0.2) is 5.82 Å². The zero-order valence-corrected chi connectivity index (χ0v) is 17.0. The number of anilines is 1. The average Bonchev–Trinajstić information content (AvgIpc) is 3.16. The Hall–Kier alpha value is -3.17. The van der Waals surface area contributed by atoms with E-state index in [1.165, 1.54) is 0 Å². The van der Waals surface area contributed by atoms with Crippen LogP contribution in [-0.4, -0.2) is 71.3 Å². The third-order valence-corrected chi connectivity index (χ3v) is 4.87. The maximum absolute atomic E-state index is 11.7. The molecule has 1 fully saturated rings. The van der Waals surface area contributed by atoms with Crippen molar-refractivity contribution >= 4 is 17.5 Å². The van der Waals surface area contributed by atoms with Gasteiger partial charge >= 0.3 is 6.03 Å². The van der Waals surface area contributed by atoms with Gasteiger partial charge in [0.2, 0.25) is 5.88 Å². The summed E-state index contributed by atoms with van der Waals surface area (Å²) in [6, 6.07) is 7.54. The Morgan fingerprint density at radius 1 is 1.23 bits per heavy atom. The van der Waals surface area contributed by atoms with E-state index >= 15 is 0 Å². The van der Waals surface area contributed by atoms with Crippen LogP contribution in [0.25, 0.3) is 16.8 Å². The molecule has 1 aliphatic heterocycles. The second-order valence-electron chi connectivity index (χ2n) is 6.98. The van der Waals surface area contributed by atoms with Crippen molar-refractivity contribution in [2.24, 2.45) is 0 Å². The maximum atomic E-state index is 11.7. The minimum atomic E-state index is -0.269. The van der Waals surface area contributed by atoms with E-state index in [0.29, 0.717) is 24.8 Å². The molecule has 3 aromatic heterocycles. The molecule has 2 amide bonds. The van der Waals surface area contributed by atoms with E-state index in [-0.39, 0.29) is 6.03 Å². The van der Waals surface area contributed by atoms with Crippen LogP contribution >= 0.6 is 0 Å². The number of imidazole rings is 1. The third-order valence-electron chi connectivity index (χ3n) is 4.87. The third kappa shape index (κ3) is 5.05. The number of hydrogen-bond donors (Lipinski definition) is 2. The van der Waals surface area contributed by atoms with Crippen molar-refractivity contribution < 1.29 is 14.3 Å². The summed E-state index contributed by atoms with van der Waals surface area (Å²) in [6.45, 7) is 7.38. The van der Waals surface area contributed by atoms with Gasteiger partial charge in [-0.15, -0.1) is 0 Å². The van der Waals surface area contributed by atoms with Crippen molar-refractivity contribution in [3.63, 3.8) is 0 Å². The number of aromatic nitrogens is 3. The Kier molecular flexibility index (Phi) is 6.41. The normalized spacial score (nSPS) is 14.6. The fraction of sp³-hybridized carbons (Fsp3) is 0.381. The molecule has 0 saturated carbocycles. The Labute approximate surface area is 175 Å². The molecule has 4 heterocycles. The molecule has 4 rings (SSSR count). The van der Waals surface area contributed by atoms with Crippen molar-refractivity contribution in [1.29, 1.82) is 0 Å². The average molecular weight is 410 g/mol. The van der Waals surface area contributed by atoms with Crippen LogP contribution in [0.3, 0.4) is 0 Å². The van der Waals surface area contributed by atoms with Gasteiger partial charge in [-0.1, -0.05) is 0 Å². The summed E-state index contributed by atoms with van der Waals surface area (Å²) in [7, 11) is 0. The Morgan fingerprint density at radius 3 is 2.87 bits per heavy atom. The van der Waals surface area contributed by atoms with E-state index in [0.717, 1.165) is 49.6 Å². The molecular formula is C21H26N6O3. The van der Waals surface area contributed by atoms with E-state index in [9.17, 15) is 4.79 Å². The summed E-state index contributed by atoms with van der Waals surface area (Å²) >= 11 is 0. The molecule has 158 valence electrons. The van der Waals surface area contributed by atoms with Gasteiger partial charge in [-0.3, -0.25) is 10.2 Å². The summed E-state index contributed by atoms with van der Waals surface area (Å²) < 4.78 is 13.0. The molecule has 0 atom stereocenters. The van der Waals surface area contributed by atoms with Gasteiger partial charge in [-0.05, 0) is 30.7 Å². The van der Waals surface area contributed by atoms with Crippen LogP contribution in [0.2, 0.25) is 0 Å². The van der Waals surface area contributed by atoms with Gasteiger partial charge in [0.25, 0.3) is 0 Å². The molecule has 0 bridgehead atoms. The van der Waals surface area contributed by atoms with Crippen LogP contribution in [-0.2, 0) is 4.74 Å². The number of pyridine rings is 2. The molecule has 1 saturated heterocycles. The number of nitrogens with one attached hydrogen (secondary N) is 2. The molecule has 3 aromatic rings. The van der Waals surface area contributed by atoms with Crippen LogP contribution in [0.15, 0.2) is 42.9 Å². The molecule has 9 heteroatoms. The second-order valence-corrected chi connectivity index (χ2v) is 6.98. The zero-order chi connectivity index (χ0) is 20.8. The first-order valence-corrected chi connectivity index (χ1v) is 10.1. The Morgan fingerprint density at radius 2 is 2.10 bits per heavy atom. The van der Waals surface area contributed by atoms with E-state index < -0.39 is 0 Å². The lowest BCUT2D eigenvalue weighted by atomic mass is 10.1. The highest BCUT2D eigenvalue weighted by molar-refractivity contribution is 5.88. The first kappa shape index (κ1) is 20.1. The van der Waals surface area contributed by atoms with Crippen molar-refractivity contribution in [2.75, 3.05) is 51.3 Å². The van der Waals surface area contributed by atoms with Gasteiger partial charge in [0.1, 0.15) is 12.3 Å². The van der Waals surface area contributed by atoms with E-state index in [1.54, 1.807) is 12.4 Å². The summed E-state index contributed by atoms with van der Waals surface area (Å²) in [5, 5.41) is 5.41. The number of ether oxygens (including phenoxy) is 2. The molecule has 30 heavy (non-hydrogen) atoms. The molecule has 9 nitrogen and oxygen atoms in total. The number of amides is 2. The van der Waals surface area contributed by atoms with Crippen LogP contribution in [0.1, 0.15) is 6.92 Å². The number of urea groups is 1. The van der Waals surface area contributed by atoms with Gasteiger partial charge in [0.05, 0.1) is 19.4 Å². The van der Waals surface area contributed by atoms with E-state index in [1.807, 2.05) is 41.8 Å². The van der Waals surface area contributed by atoms with Crippen LogP contribution in [0.5, 0.6) is 5.88 Å². The Balaban J connectivity index is 1.37. The van der Waals surface area contributed by atoms with Gasteiger partial charge in [0, 0.05) is 50.2 Å². The number of carbonyl (C=O) groups is 1. The van der Waals surface area contributed by atoms with E-state index in [2.05, 4.69) is 25.5 Å². The molecule has 0 aliphatic carbocycles. The number of fused-ring (bicyclic) bond motifs is 1. The highest BCUT2D eigenvalue weighted by Crippen LogP contribution is 2.22. The first-order valence-electron chi connectivity index (χ1n) is 10.1. The fourth-order valence-electron chi connectivity index (χ4n) is 3.28. The monoisotopic (exact) mass is 410 g/mol. The predicted molar refractivity (Wildman–Crippen MR) is 114 cm³/mol. The molecule has 2 N–H and O–H groups in total. The lowest BCUT2D eigenvalue weighted by molar-refractivity contribution is 0.0320. The van der Waals surface area contributed by atoms with Crippen molar-refractivity contribution in [2.45, 2.75) is 6.92 Å². The first-order chi connectivity index (χ1) is 14.7. The minimum Gasteiger partial charge on any atom is -0.476 e. The largest absolute Gasteiger partial charge is 0.476 e. The number of carbonyl (C=O) groups excluding carboxylic acids is 1. The molecule has 0 unspecified atom stereocenters. The summed E-state index contributed by atoms with van der Waals surface area (Å²) in [4.78, 5) is 22.9. The molecular weight excluding hydrogens is 384 g/mol. The summed E-state index contributed by atoms with van der Waals surface area (Å²) in [5.74, 6) is 1.11. The van der Waals surface area contributed by atoms with E-state index in [4.69, 9.17) is 9.47 Å². The molecule has 0 spiro atoms. The highest BCUT2D eigenvalue weighted by Gasteiger charge is 2.10. The van der Waals surface area contributed by atoms with Crippen LogP contribution in [0.4, 0.5) is 10.6 Å². The van der Waals surface area contributed by atoms with Gasteiger partial charge in [-0.2, -0.15) is 0 Å². The number of hydrogen-bond acceptors (Lipinski definition) is 6. The minimum absolute atomic E-state index is 0.269. The second kappa shape index (κ2) is 9.55. The van der Waals surface area contributed by atoms with Crippen LogP contribution < -0.4 is 15.4 Å². The molecule has 1 aliphatic rings. The molecule has 0 radical (unpaired) electrons. The van der Waals surface area contributed by atoms with Gasteiger partial charge < -0.3 is 19.2 Å². The Bertz CT molecular complexity index is 982. The summed E-state index contributed by atoms with van der Waals surface area (Å²) in [6.07, 6.45) is 5.48. The maximum Gasteiger partial charge on any atom is 0.320 e. The SMILES string of the molecule is CCNC(=O)Nc1cn2ccc(-c3ccc(OCCN4CCOCC4)nc3)cc2n1.